The second-order valence-electron chi connectivity index (χ2n) is 7.68. The van der Waals surface area contributed by atoms with Crippen LogP contribution in [-0.2, 0) is 27.1 Å². The first-order chi connectivity index (χ1) is 14.2. The molecule has 11 heteroatoms. The lowest BCUT2D eigenvalue weighted by Crippen LogP contribution is -2.65. The number of carbonyl (C=O) groups is 2. The monoisotopic (exact) mass is 447 g/mol. The molecule has 3 aliphatic heterocycles. The second-order valence-corrected chi connectivity index (χ2v) is 8.09. The fraction of sp³-hybridized carbons (Fsp3) is 0.579. The minimum atomic E-state index is -4.45. The van der Waals surface area contributed by atoms with Crippen LogP contribution < -0.4 is 5.32 Å². The summed E-state index contributed by atoms with van der Waals surface area (Å²) in [6, 6.07) is 2.84. The molecule has 30 heavy (non-hydrogen) atoms. The van der Waals surface area contributed by atoms with Gasteiger partial charge in [-0.1, -0.05) is 17.7 Å². The van der Waals surface area contributed by atoms with E-state index in [1.807, 2.05) is 0 Å². The van der Waals surface area contributed by atoms with E-state index < -0.39 is 11.7 Å². The van der Waals surface area contributed by atoms with Crippen molar-refractivity contribution in [2.75, 3.05) is 32.8 Å². The third-order valence-corrected chi connectivity index (χ3v) is 5.92. The van der Waals surface area contributed by atoms with Crippen LogP contribution in [0.4, 0.5) is 18.0 Å². The molecular formula is C19H21ClF3N3O4. The molecule has 3 heterocycles. The first kappa shape index (κ1) is 21.2. The van der Waals surface area contributed by atoms with Gasteiger partial charge in [-0.05, 0) is 24.1 Å². The zero-order valence-electron chi connectivity index (χ0n) is 16.0. The van der Waals surface area contributed by atoms with Crippen LogP contribution in [-0.4, -0.2) is 72.8 Å². The number of rotatable bonds is 3. The Hall–Kier alpha value is -2.04. The number of ether oxygens (including phenoxy) is 2. The molecule has 3 amide bonds. The Bertz CT molecular complexity index is 832. The third kappa shape index (κ3) is 4.50. The van der Waals surface area contributed by atoms with E-state index in [-0.39, 0.29) is 48.4 Å². The van der Waals surface area contributed by atoms with Crippen LogP contribution in [0.5, 0.6) is 0 Å². The van der Waals surface area contributed by atoms with Gasteiger partial charge in [-0.2, -0.15) is 13.2 Å². The predicted molar refractivity (Wildman–Crippen MR) is 99.9 cm³/mol. The standard InChI is InChI=1S/C19H21ClF3N3O4/c20-14-5-12(19(21,22)23)2-1-11(14)9-29-13-6-26(7-13)18(28)25-4-3-16-15(8-25)24-17(27)10-30-16/h1-2,5,13,15-16H,3-4,6-10H2,(H,24,27)/t15-,16-/m1/s1. The highest BCUT2D eigenvalue weighted by molar-refractivity contribution is 6.31. The summed E-state index contributed by atoms with van der Waals surface area (Å²) in [5, 5.41) is 2.86. The van der Waals surface area contributed by atoms with Gasteiger partial charge in [0.1, 0.15) is 6.61 Å². The maximum Gasteiger partial charge on any atom is 0.416 e. The van der Waals surface area contributed by atoms with E-state index in [0.717, 1.165) is 12.1 Å². The van der Waals surface area contributed by atoms with Gasteiger partial charge in [0.05, 0.1) is 43.5 Å². The summed E-state index contributed by atoms with van der Waals surface area (Å²) in [5.74, 6) is -0.176. The summed E-state index contributed by atoms with van der Waals surface area (Å²) in [4.78, 5) is 27.5. The van der Waals surface area contributed by atoms with Gasteiger partial charge in [0.25, 0.3) is 0 Å². The zero-order valence-corrected chi connectivity index (χ0v) is 16.7. The number of amides is 3. The summed E-state index contributed by atoms with van der Waals surface area (Å²) in [7, 11) is 0. The smallest absolute Gasteiger partial charge is 0.370 e. The molecule has 0 aromatic heterocycles. The predicted octanol–water partition coefficient (Wildman–Crippen LogP) is 2.27. The van der Waals surface area contributed by atoms with E-state index >= 15 is 0 Å². The first-order valence-corrected chi connectivity index (χ1v) is 10.0. The van der Waals surface area contributed by atoms with Crippen molar-refractivity contribution in [1.29, 1.82) is 0 Å². The number of alkyl halides is 3. The fourth-order valence-corrected chi connectivity index (χ4v) is 4.06. The van der Waals surface area contributed by atoms with Gasteiger partial charge in [-0.25, -0.2) is 4.79 Å². The summed E-state index contributed by atoms with van der Waals surface area (Å²) in [6.45, 7) is 1.87. The number of likely N-dealkylation sites (tertiary alicyclic amines) is 2. The van der Waals surface area contributed by atoms with Crippen molar-refractivity contribution in [3.63, 3.8) is 0 Å². The van der Waals surface area contributed by atoms with Crippen molar-refractivity contribution >= 4 is 23.5 Å². The van der Waals surface area contributed by atoms with Gasteiger partial charge in [0, 0.05) is 18.1 Å². The molecule has 0 aliphatic carbocycles. The third-order valence-electron chi connectivity index (χ3n) is 5.57. The molecule has 3 aliphatic rings. The number of benzene rings is 1. The van der Waals surface area contributed by atoms with E-state index in [9.17, 15) is 22.8 Å². The highest BCUT2D eigenvalue weighted by Gasteiger charge is 2.40. The Labute approximate surface area is 176 Å². The van der Waals surface area contributed by atoms with Crippen molar-refractivity contribution in [2.45, 2.75) is 37.5 Å². The van der Waals surface area contributed by atoms with Crippen molar-refractivity contribution in [1.82, 2.24) is 15.1 Å². The van der Waals surface area contributed by atoms with Gasteiger partial charge in [-0.3, -0.25) is 4.79 Å². The zero-order chi connectivity index (χ0) is 21.5. The van der Waals surface area contributed by atoms with Gasteiger partial charge in [-0.15, -0.1) is 0 Å². The van der Waals surface area contributed by atoms with Gasteiger partial charge in [0.15, 0.2) is 0 Å². The molecule has 0 spiro atoms. The highest BCUT2D eigenvalue weighted by atomic mass is 35.5. The van der Waals surface area contributed by atoms with Crippen molar-refractivity contribution in [3.05, 3.63) is 34.3 Å². The topological polar surface area (TPSA) is 71.1 Å². The molecule has 0 radical (unpaired) electrons. The van der Waals surface area contributed by atoms with Crippen LogP contribution in [0.1, 0.15) is 17.5 Å². The van der Waals surface area contributed by atoms with Crippen LogP contribution in [0.15, 0.2) is 18.2 Å². The normalized spacial score (nSPS) is 24.9. The number of carbonyl (C=O) groups excluding carboxylic acids is 2. The van der Waals surface area contributed by atoms with Crippen LogP contribution in [0.3, 0.4) is 0 Å². The molecule has 3 saturated heterocycles. The number of morpholine rings is 1. The number of fused-ring (bicyclic) bond motifs is 1. The maximum atomic E-state index is 12.7. The van der Waals surface area contributed by atoms with Gasteiger partial charge >= 0.3 is 12.2 Å². The quantitative estimate of drug-likeness (QED) is 0.771. The molecule has 0 bridgehead atoms. The number of nitrogens with zero attached hydrogens (tertiary/aromatic N) is 2. The Kier molecular flexibility index (Phi) is 5.82. The molecular weight excluding hydrogens is 427 g/mol. The van der Waals surface area contributed by atoms with E-state index in [1.54, 1.807) is 9.80 Å². The van der Waals surface area contributed by atoms with Crippen LogP contribution >= 0.6 is 11.6 Å². The number of hydrogen-bond acceptors (Lipinski definition) is 4. The molecule has 1 N–H and O–H groups in total. The van der Waals surface area contributed by atoms with E-state index in [1.165, 1.54) is 6.07 Å². The maximum absolute atomic E-state index is 12.7. The number of piperidine rings is 1. The molecule has 2 atom stereocenters. The number of nitrogens with one attached hydrogen (secondary N) is 1. The lowest BCUT2D eigenvalue weighted by molar-refractivity contribution is -0.140. The fourth-order valence-electron chi connectivity index (χ4n) is 3.82. The molecule has 0 unspecified atom stereocenters. The minimum absolute atomic E-state index is 0.00306. The van der Waals surface area contributed by atoms with E-state index in [2.05, 4.69) is 5.32 Å². The van der Waals surface area contributed by atoms with Crippen LogP contribution in [0.25, 0.3) is 0 Å². The summed E-state index contributed by atoms with van der Waals surface area (Å²) >= 11 is 5.94. The number of hydrogen-bond donors (Lipinski definition) is 1. The van der Waals surface area contributed by atoms with Crippen LogP contribution in [0.2, 0.25) is 5.02 Å². The van der Waals surface area contributed by atoms with Gasteiger partial charge in [0.2, 0.25) is 5.91 Å². The Morgan fingerprint density at radius 1 is 1.27 bits per heavy atom. The van der Waals surface area contributed by atoms with Crippen molar-refractivity contribution < 1.29 is 32.2 Å². The minimum Gasteiger partial charge on any atom is -0.370 e. The van der Waals surface area contributed by atoms with E-state index in [4.69, 9.17) is 21.1 Å². The molecule has 1 aromatic carbocycles. The average molecular weight is 448 g/mol. The van der Waals surface area contributed by atoms with Crippen LogP contribution in [0, 0.1) is 0 Å². The summed E-state index contributed by atoms with van der Waals surface area (Å²) in [6.07, 6.45) is -4.05. The number of halogens is 4. The molecule has 164 valence electrons. The molecule has 0 saturated carbocycles. The van der Waals surface area contributed by atoms with Gasteiger partial charge < -0.3 is 24.6 Å². The highest BCUT2D eigenvalue weighted by Crippen LogP contribution is 2.32. The summed E-state index contributed by atoms with van der Waals surface area (Å²) in [5.41, 5.74) is -0.343. The molecule has 7 nitrogen and oxygen atoms in total. The largest absolute Gasteiger partial charge is 0.416 e. The lowest BCUT2D eigenvalue weighted by atomic mass is 10.0. The Balaban J connectivity index is 1.23. The number of urea groups is 1. The Morgan fingerprint density at radius 2 is 2.03 bits per heavy atom. The average Bonchev–Trinajstić information content (AvgIpc) is 2.66. The first-order valence-electron chi connectivity index (χ1n) is 9.63. The van der Waals surface area contributed by atoms with Crippen molar-refractivity contribution in [3.8, 4) is 0 Å². The summed E-state index contributed by atoms with van der Waals surface area (Å²) < 4.78 is 49.3. The lowest BCUT2D eigenvalue weighted by Gasteiger charge is -2.46. The second kappa shape index (κ2) is 8.24. The molecule has 3 fully saturated rings. The molecule has 4 rings (SSSR count). The van der Waals surface area contributed by atoms with Crippen molar-refractivity contribution in [2.24, 2.45) is 0 Å². The SMILES string of the molecule is O=C1CO[C@@H]2CCN(C(=O)N3CC(OCc4ccc(C(F)(F)F)cc4Cl)C3)C[C@H]2N1. The van der Waals surface area contributed by atoms with E-state index in [0.29, 0.717) is 38.2 Å². The Morgan fingerprint density at radius 3 is 2.73 bits per heavy atom. The molecule has 1 aromatic rings.